The fraction of sp³-hybridized carbons (Fsp3) is 0.385. The fourth-order valence-electron chi connectivity index (χ4n) is 1.34. The summed E-state index contributed by atoms with van der Waals surface area (Å²) in [4.78, 5) is 23.3. The number of ether oxygens (including phenoxy) is 1. The number of halogens is 1. The van der Waals surface area contributed by atoms with Crippen molar-refractivity contribution in [3.8, 4) is 0 Å². The van der Waals surface area contributed by atoms with Crippen LogP contribution in [0, 0.1) is 6.92 Å². The van der Waals surface area contributed by atoms with Gasteiger partial charge in [-0.15, -0.1) is 0 Å². The molecule has 1 aromatic carbocycles. The number of rotatable bonds is 4. The number of hydrogen-bond acceptors (Lipinski definition) is 3. The average molecular weight is 314 g/mol. The topological polar surface area (TPSA) is 55.4 Å². The predicted octanol–water partition coefficient (Wildman–Crippen LogP) is 2.44. The smallest absolute Gasteiger partial charge is 0.328 e. The van der Waals surface area contributed by atoms with E-state index in [-0.39, 0.29) is 5.91 Å². The second kappa shape index (κ2) is 6.54. The zero-order chi connectivity index (χ0) is 13.7. The van der Waals surface area contributed by atoms with Crippen LogP contribution in [0.2, 0.25) is 0 Å². The third-order valence-corrected chi connectivity index (χ3v) is 3.28. The van der Waals surface area contributed by atoms with Gasteiger partial charge in [-0.2, -0.15) is 0 Å². The number of nitrogens with one attached hydrogen (secondary N) is 1. The third-order valence-electron chi connectivity index (χ3n) is 2.42. The normalized spacial score (nSPS) is 11.8. The van der Waals surface area contributed by atoms with E-state index < -0.39 is 12.0 Å². The van der Waals surface area contributed by atoms with Crippen LogP contribution in [0.15, 0.2) is 22.7 Å². The van der Waals surface area contributed by atoms with E-state index in [9.17, 15) is 9.59 Å². The maximum absolute atomic E-state index is 11.9. The van der Waals surface area contributed by atoms with Crippen LogP contribution >= 0.6 is 15.9 Å². The van der Waals surface area contributed by atoms with Gasteiger partial charge in [-0.1, -0.05) is 22.0 Å². The highest BCUT2D eigenvalue weighted by Gasteiger charge is 2.17. The van der Waals surface area contributed by atoms with Crippen LogP contribution in [0.3, 0.4) is 0 Å². The number of benzene rings is 1. The Morgan fingerprint density at radius 1 is 1.44 bits per heavy atom. The second-order valence-electron chi connectivity index (χ2n) is 3.91. The minimum atomic E-state index is -0.655. The molecule has 0 spiro atoms. The van der Waals surface area contributed by atoms with E-state index in [4.69, 9.17) is 4.74 Å². The van der Waals surface area contributed by atoms with Crippen molar-refractivity contribution in [2.75, 3.05) is 6.61 Å². The molecule has 1 rings (SSSR count). The van der Waals surface area contributed by atoms with Crippen LogP contribution in [0.25, 0.3) is 0 Å². The molecular formula is C13H16BrNO3. The first-order valence-corrected chi connectivity index (χ1v) is 6.48. The molecule has 0 bridgehead atoms. The Hall–Kier alpha value is -1.36. The molecule has 0 aromatic heterocycles. The van der Waals surface area contributed by atoms with Gasteiger partial charge in [0.15, 0.2) is 0 Å². The van der Waals surface area contributed by atoms with Gasteiger partial charge in [-0.25, -0.2) is 4.79 Å². The molecule has 0 saturated carbocycles. The maximum Gasteiger partial charge on any atom is 0.328 e. The van der Waals surface area contributed by atoms with Crippen molar-refractivity contribution < 1.29 is 14.3 Å². The van der Waals surface area contributed by atoms with Gasteiger partial charge in [0.1, 0.15) is 6.04 Å². The highest BCUT2D eigenvalue weighted by atomic mass is 79.9. The molecule has 5 heteroatoms. The molecule has 1 aromatic rings. The molecule has 0 aliphatic rings. The van der Waals surface area contributed by atoms with E-state index in [1.54, 1.807) is 26.0 Å². The first kappa shape index (κ1) is 14.7. The van der Waals surface area contributed by atoms with E-state index in [1.165, 1.54) is 0 Å². The lowest BCUT2D eigenvalue weighted by atomic mass is 10.1. The van der Waals surface area contributed by atoms with E-state index in [2.05, 4.69) is 21.2 Å². The van der Waals surface area contributed by atoms with E-state index in [0.717, 1.165) is 10.0 Å². The number of esters is 1. The van der Waals surface area contributed by atoms with Crippen molar-refractivity contribution in [1.29, 1.82) is 0 Å². The molecule has 1 atom stereocenters. The molecule has 0 fully saturated rings. The van der Waals surface area contributed by atoms with E-state index in [1.807, 2.05) is 13.0 Å². The summed E-state index contributed by atoms with van der Waals surface area (Å²) in [6, 6.07) is 4.63. The summed E-state index contributed by atoms with van der Waals surface area (Å²) in [6.45, 7) is 5.56. The molecule has 0 saturated heterocycles. The van der Waals surface area contributed by atoms with Crippen LogP contribution < -0.4 is 5.32 Å². The van der Waals surface area contributed by atoms with Crippen LogP contribution in [-0.2, 0) is 9.53 Å². The molecule has 18 heavy (non-hydrogen) atoms. The minimum absolute atomic E-state index is 0.295. The lowest BCUT2D eigenvalue weighted by Gasteiger charge is -2.13. The summed E-state index contributed by atoms with van der Waals surface area (Å²) in [5.41, 5.74) is 1.55. The zero-order valence-electron chi connectivity index (χ0n) is 10.6. The first-order chi connectivity index (χ1) is 8.45. The largest absolute Gasteiger partial charge is 0.464 e. The van der Waals surface area contributed by atoms with Crippen molar-refractivity contribution in [2.24, 2.45) is 0 Å². The standard InChI is InChI=1S/C13H16BrNO3/c1-4-18-13(17)9(3)15-12(16)10-6-5-8(2)11(14)7-10/h5-7,9H,4H2,1-3H3,(H,15,16). The van der Waals surface area contributed by atoms with Gasteiger partial charge < -0.3 is 10.1 Å². The molecule has 0 aliphatic heterocycles. The van der Waals surface area contributed by atoms with Gasteiger partial charge in [0.2, 0.25) is 0 Å². The summed E-state index contributed by atoms with van der Waals surface area (Å²) in [6.07, 6.45) is 0. The molecule has 0 aliphatic carbocycles. The average Bonchev–Trinajstić information content (AvgIpc) is 2.32. The lowest BCUT2D eigenvalue weighted by molar-refractivity contribution is -0.144. The Labute approximate surface area is 115 Å². The van der Waals surface area contributed by atoms with Crippen LogP contribution in [0.5, 0.6) is 0 Å². The Bertz CT molecular complexity index is 460. The fourth-order valence-corrected chi connectivity index (χ4v) is 1.72. The Morgan fingerprint density at radius 2 is 2.11 bits per heavy atom. The number of hydrogen-bond donors (Lipinski definition) is 1. The van der Waals surface area contributed by atoms with E-state index >= 15 is 0 Å². The molecule has 1 unspecified atom stereocenters. The summed E-state index contributed by atoms with van der Waals surface area (Å²) in [7, 11) is 0. The molecule has 4 nitrogen and oxygen atoms in total. The van der Waals surface area contributed by atoms with Crippen molar-refractivity contribution in [3.63, 3.8) is 0 Å². The monoisotopic (exact) mass is 313 g/mol. The summed E-state index contributed by atoms with van der Waals surface area (Å²) in [5, 5.41) is 2.59. The van der Waals surface area contributed by atoms with Gasteiger partial charge >= 0.3 is 5.97 Å². The minimum Gasteiger partial charge on any atom is -0.464 e. The molecule has 1 amide bonds. The highest BCUT2D eigenvalue weighted by molar-refractivity contribution is 9.10. The Balaban J connectivity index is 2.70. The van der Waals surface area contributed by atoms with Gasteiger partial charge in [-0.3, -0.25) is 4.79 Å². The number of carbonyl (C=O) groups excluding carboxylic acids is 2. The maximum atomic E-state index is 11.9. The van der Waals surface area contributed by atoms with E-state index in [0.29, 0.717) is 12.2 Å². The van der Waals surface area contributed by atoms with Gasteiger partial charge in [-0.05, 0) is 38.5 Å². The molecule has 1 N–H and O–H groups in total. The van der Waals surface area contributed by atoms with Gasteiger partial charge in [0.05, 0.1) is 6.61 Å². The number of carbonyl (C=O) groups is 2. The zero-order valence-corrected chi connectivity index (χ0v) is 12.2. The van der Waals surface area contributed by atoms with Crippen molar-refractivity contribution in [3.05, 3.63) is 33.8 Å². The molecule has 98 valence electrons. The second-order valence-corrected chi connectivity index (χ2v) is 4.77. The van der Waals surface area contributed by atoms with Crippen molar-refractivity contribution in [2.45, 2.75) is 26.8 Å². The SMILES string of the molecule is CCOC(=O)C(C)NC(=O)c1ccc(C)c(Br)c1. The summed E-state index contributed by atoms with van der Waals surface area (Å²) < 4.78 is 5.68. The highest BCUT2D eigenvalue weighted by Crippen LogP contribution is 2.17. The predicted molar refractivity (Wildman–Crippen MR) is 72.4 cm³/mol. The quantitative estimate of drug-likeness (QED) is 0.869. The van der Waals surface area contributed by atoms with Crippen molar-refractivity contribution in [1.82, 2.24) is 5.32 Å². The van der Waals surface area contributed by atoms with Crippen molar-refractivity contribution >= 4 is 27.8 Å². The summed E-state index contributed by atoms with van der Waals surface area (Å²) in [5.74, 6) is -0.728. The molecular weight excluding hydrogens is 298 g/mol. The Morgan fingerprint density at radius 3 is 2.67 bits per heavy atom. The van der Waals surface area contributed by atoms with Crippen LogP contribution in [0.4, 0.5) is 0 Å². The van der Waals surface area contributed by atoms with Gasteiger partial charge in [0.25, 0.3) is 5.91 Å². The van der Waals surface area contributed by atoms with Gasteiger partial charge in [0, 0.05) is 10.0 Å². The number of aryl methyl sites for hydroxylation is 1. The molecule has 0 radical (unpaired) electrons. The summed E-state index contributed by atoms with van der Waals surface area (Å²) >= 11 is 3.36. The third kappa shape index (κ3) is 3.84. The first-order valence-electron chi connectivity index (χ1n) is 5.69. The number of amides is 1. The van der Waals surface area contributed by atoms with Crippen LogP contribution in [-0.4, -0.2) is 24.5 Å². The lowest BCUT2D eigenvalue weighted by Crippen LogP contribution is -2.39. The molecule has 0 heterocycles. The Kier molecular flexibility index (Phi) is 5.34. The van der Waals surface area contributed by atoms with Crippen LogP contribution in [0.1, 0.15) is 29.8 Å².